The highest BCUT2D eigenvalue weighted by Crippen LogP contribution is 2.15. The lowest BCUT2D eigenvalue weighted by atomic mass is 10.1. The van der Waals surface area contributed by atoms with E-state index in [1.807, 2.05) is 0 Å². The minimum Gasteiger partial charge on any atom is -0.478 e. The van der Waals surface area contributed by atoms with Crippen LogP contribution < -0.4 is 0 Å². The van der Waals surface area contributed by atoms with Gasteiger partial charge >= 0.3 is 35.8 Å². The first kappa shape index (κ1) is 48.5. The van der Waals surface area contributed by atoms with Gasteiger partial charge in [0.1, 0.15) is 0 Å². The van der Waals surface area contributed by atoms with Crippen LogP contribution in [-0.2, 0) is 18.9 Å². The molecule has 0 radical (unpaired) electrons. The summed E-state index contributed by atoms with van der Waals surface area (Å²) in [5.41, 5.74) is 0.704. The molecule has 306 valence electrons. The monoisotopic (exact) mass is 778 g/mol. The third-order valence-corrected chi connectivity index (χ3v) is 7.94. The van der Waals surface area contributed by atoms with Crippen molar-refractivity contribution in [3.05, 3.63) is 106 Å². The molecule has 0 heterocycles. The van der Waals surface area contributed by atoms with Gasteiger partial charge < -0.3 is 29.2 Å². The molecule has 0 atom stereocenters. The number of hydrogen-bond donors (Lipinski definition) is 2. The molecule has 12 heteroatoms. The smallest absolute Gasteiger partial charge is 0.339 e. The Bertz CT molecular complexity index is 1560. The molecular formula is C44H58O12. The van der Waals surface area contributed by atoms with Crippen LogP contribution in [0.15, 0.2) is 72.8 Å². The van der Waals surface area contributed by atoms with Crippen molar-refractivity contribution >= 4 is 35.8 Å². The van der Waals surface area contributed by atoms with Crippen molar-refractivity contribution in [1.29, 1.82) is 0 Å². The number of carboxylic acids is 2. The average molecular weight is 779 g/mol. The number of carboxylic acid groups (broad SMARTS) is 2. The van der Waals surface area contributed by atoms with Crippen molar-refractivity contribution < 1.29 is 57.9 Å². The second kappa shape index (κ2) is 28.0. The number of ether oxygens (including phenoxy) is 4. The van der Waals surface area contributed by atoms with E-state index in [9.17, 15) is 28.8 Å². The van der Waals surface area contributed by atoms with Gasteiger partial charge in [0.25, 0.3) is 0 Å². The summed E-state index contributed by atoms with van der Waals surface area (Å²) in [7, 11) is 0. The number of aromatic carboxylic acids is 2. The zero-order chi connectivity index (χ0) is 41.9. The second-order valence-corrected chi connectivity index (χ2v) is 13.6. The number of carbonyl (C=O) groups excluding carboxylic acids is 4. The number of esters is 4. The maximum Gasteiger partial charge on any atom is 0.339 e. The maximum atomic E-state index is 12.1. The van der Waals surface area contributed by atoms with E-state index < -0.39 is 35.8 Å². The topological polar surface area (TPSA) is 180 Å². The number of carbonyl (C=O) groups is 6. The first-order chi connectivity index (χ1) is 26.7. The van der Waals surface area contributed by atoms with Crippen LogP contribution in [0, 0.1) is 11.8 Å². The molecule has 0 spiro atoms. The van der Waals surface area contributed by atoms with Crippen LogP contribution in [0.2, 0.25) is 0 Å². The largest absolute Gasteiger partial charge is 0.478 e. The molecule has 0 unspecified atom stereocenters. The summed E-state index contributed by atoms with van der Waals surface area (Å²) in [5.74, 6) is -3.40. The zero-order valence-corrected chi connectivity index (χ0v) is 33.5. The number of unbranched alkanes of at least 4 members (excludes halogenated alkanes) is 4. The van der Waals surface area contributed by atoms with Gasteiger partial charge in [0.15, 0.2) is 0 Å². The van der Waals surface area contributed by atoms with Gasteiger partial charge in [-0.25, -0.2) is 28.8 Å². The van der Waals surface area contributed by atoms with E-state index >= 15 is 0 Å². The van der Waals surface area contributed by atoms with Crippen LogP contribution in [0.5, 0.6) is 0 Å². The van der Waals surface area contributed by atoms with Crippen molar-refractivity contribution in [2.45, 2.75) is 92.9 Å². The summed E-state index contributed by atoms with van der Waals surface area (Å²) in [5, 5.41) is 17.1. The summed E-state index contributed by atoms with van der Waals surface area (Å²) in [6.45, 7) is 13.9. The van der Waals surface area contributed by atoms with Crippen LogP contribution in [0.3, 0.4) is 0 Å². The highest BCUT2D eigenvalue weighted by molar-refractivity contribution is 6.04. The predicted molar refractivity (Wildman–Crippen MR) is 212 cm³/mol. The van der Waals surface area contributed by atoms with Crippen LogP contribution in [-0.4, -0.2) is 72.5 Å². The first-order valence-corrected chi connectivity index (χ1v) is 19.2. The van der Waals surface area contributed by atoms with Gasteiger partial charge in [0.2, 0.25) is 0 Å². The number of benzene rings is 3. The van der Waals surface area contributed by atoms with Gasteiger partial charge in [-0.05, 0) is 73.9 Å². The summed E-state index contributed by atoms with van der Waals surface area (Å²) >= 11 is 0. The summed E-state index contributed by atoms with van der Waals surface area (Å²) in [4.78, 5) is 69.3. The fourth-order valence-corrected chi connectivity index (χ4v) is 4.65. The minimum absolute atomic E-state index is 0.190. The molecular weight excluding hydrogens is 720 g/mol. The third-order valence-electron chi connectivity index (χ3n) is 7.94. The first-order valence-electron chi connectivity index (χ1n) is 19.2. The normalized spacial score (nSPS) is 10.3. The Kier molecular flexibility index (Phi) is 24.2. The fourth-order valence-electron chi connectivity index (χ4n) is 4.65. The van der Waals surface area contributed by atoms with Gasteiger partial charge in [0, 0.05) is 0 Å². The van der Waals surface area contributed by atoms with E-state index in [4.69, 9.17) is 29.2 Å². The van der Waals surface area contributed by atoms with Crippen molar-refractivity contribution in [2.24, 2.45) is 11.8 Å². The quantitative estimate of drug-likeness (QED) is 0.0631. The van der Waals surface area contributed by atoms with E-state index in [1.165, 1.54) is 24.3 Å². The SMILES string of the molecule is CCCCCOC(=O)c1ccccc1C(=O)OCCC(C)C.CCCCCOC(=O)c1ccccc1C(=O)OCCC(C)C.O=C(O)c1ccccc1C(=O)O. The van der Waals surface area contributed by atoms with Crippen molar-refractivity contribution in [3.8, 4) is 0 Å². The Morgan fingerprint density at radius 3 is 0.911 bits per heavy atom. The Morgan fingerprint density at radius 1 is 0.429 bits per heavy atom. The molecule has 0 fully saturated rings. The molecule has 0 aliphatic carbocycles. The van der Waals surface area contributed by atoms with Crippen molar-refractivity contribution in [2.75, 3.05) is 26.4 Å². The molecule has 56 heavy (non-hydrogen) atoms. The summed E-state index contributed by atoms with van der Waals surface area (Å²) in [6.07, 6.45) is 7.45. The van der Waals surface area contributed by atoms with E-state index in [-0.39, 0.29) is 33.4 Å². The molecule has 0 saturated carbocycles. The fraction of sp³-hybridized carbons (Fsp3) is 0.455. The Labute approximate surface area is 330 Å². The Balaban J connectivity index is 0.000000439. The van der Waals surface area contributed by atoms with E-state index in [1.54, 1.807) is 48.5 Å². The van der Waals surface area contributed by atoms with Crippen LogP contribution in [0.1, 0.15) is 155 Å². The van der Waals surface area contributed by atoms with Gasteiger partial charge in [-0.2, -0.15) is 0 Å². The molecule has 0 aliphatic rings. The number of rotatable bonds is 20. The Morgan fingerprint density at radius 2 is 0.679 bits per heavy atom. The summed E-state index contributed by atoms with van der Waals surface area (Å²) in [6, 6.07) is 18.7. The van der Waals surface area contributed by atoms with Crippen LogP contribution >= 0.6 is 0 Å². The van der Waals surface area contributed by atoms with Gasteiger partial charge in [-0.3, -0.25) is 0 Å². The van der Waals surface area contributed by atoms with Crippen molar-refractivity contribution in [1.82, 2.24) is 0 Å². The molecule has 0 aromatic heterocycles. The zero-order valence-electron chi connectivity index (χ0n) is 33.5. The van der Waals surface area contributed by atoms with Gasteiger partial charge in [-0.1, -0.05) is 104 Å². The van der Waals surface area contributed by atoms with Gasteiger partial charge in [-0.15, -0.1) is 0 Å². The molecule has 0 amide bonds. The van der Waals surface area contributed by atoms with Crippen LogP contribution in [0.25, 0.3) is 0 Å². The molecule has 0 bridgehead atoms. The highest BCUT2D eigenvalue weighted by Gasteiger charge is 2.20. The van der Waals surface area contributed by atoms with E-state index in [2.05, 4.69) is 41.5 Å². The molecule has 0 saturated heterocycles. The molecule has 0 aliphatic heterocycles. The highest BCUT2D eigenvalue weighted by atomic mass is 16.5. The summed E-state index contributed by atoms with van der Waals surface area (Å²) < 4.78 is 20.9. The lowest BCUT2D eigenvalue weighted by Crippen LogP contribution is -2.15. The molecule has 3 rings (SSSR count). The molecule has 3 aromatic rings. The molecule has 12 nitrogen and oxygen atoms in total. The van der Waals surface area contributed by atoms with Gasteiger partial charge in [0.05, 0.1) is 59.8 Å². The third kappa shape index (κ3) is 19.2. The average Bonchev–Trinajstić information content (AvgIpc) is 3.18. The van der Waals surface area contributed by atoms with E-state index in [0.717, 1.165) is 51.4 Å². The Hall–Kier alpha value is -5.52. The van der Waals surface area contributed by atoms with Crippen LogP contribution in [0.4, 0.5) is 0 Å². The maximum absolute atomic E-state index is 12.1. The number of hydrogen-bond acceptors (Lipinski definition) is 10. The standard InChI is InChI=1S/2C18H26O4.C8H6O4/c2*1-4-5-8-12-21-17(19)15-9-6-7-10-16(15)18(20)22-13-11-14(2)3;9-7(10)5-3-1-2-4-6(5)8(11)12/h2*6-7,9-10,14H,4-5,8,11-13H2,1-3H3;1-4H,(H,9,10)(H,11,12). The molecule has 2 N–H and O–H groups in total. The molecule has 3 aromatic carbocycles. The second-order valence-electron chi connectivity index (χ2n) is 13.6. The van der Waals surface area contributed by atoms with Crippen molar-refractivity contribution in [3.63, 3.8) is 0 Å². The lowest BCUT2D eigenvalue weighted by Gasteiger charge is -2.10. The lowest BCUT2D eigenvalue weighted by molar-refractivity contribution is 0.0445. The predicted octanol–water partition coefficient (Wildman–Crippen LogP) is 9.56. The van der Waals surface area contributed by atoms with E-state index in [0.29, 0.717) is 38.3 Å². The minimum atomic E-state index is -1.23.